The molecule has 2 aromatic heterocycles. The van der Waals surface area contributed by atoms with Gasteiger partial charge >= 0.3 is 0 Å². The Morgan fingerprint density at radius 2 is 1.45 bits per heavy atom. The van der Waals surface area contributed by atoms with Crippen molar-refractivity contribution in [1.82, 2.24) is 19.8 Å². The standard InChI is InChI=1S/C24H26N4O/c1-27-14-15-28(17-20-6-10-25-11-7-20)18-23(24(27)29)16-19-2-4-21(5-3-19)22-8-12-26-13-9-22/h2-13,23H,14-18H2,1H3/t23-/m0/s1. The van der Waals surface area contributed by atoms with Gasteiger partial charge in [0.15, 0.2) is 0 Å². The van der Waals surface area contributed by atoms with Gasteiger partial charge in [-0.1, -0.05) is 24.3 Å². The molecule has 1 aliphatic heterocycles. The van der Waals surface area contributed by atoms with Crippen molar-refractivity contribution in [2.45, 2.75) is 13.0 Å². The first kappa shape index (κ1) is 19.3. The van der Waals surface area contributed by atoms with Gasteiger partial charge in [0, 0.05) is 58.0 Å². The zero-order valence-corrected chi connectivity index (χ0v) is 16.7. The number of rotatable bonds is 5. The Morgan fingerprint density at radius 3 is 2.14 bits per heavy atom. The zero-order chi connectivity index (χ0) is 20.1. The van der Waals surface area contributed by atoms with E-state index in [-0.39, 0.29) is 11.8 Å². The number of aromatic nitrogens is 2. The lowest BCUT2D eigenvalue weighted by atomic mass is 9.96. The number of carbonyl (C=O) groups excluding carboxylic acids is 1. The number of amides is 1. The molecule has 3 heterocycles. The summed E-state index contributed by atoms with van der Waals surface area (Å²) < 4.78 is 0. The number of pyridine rings is 2. The van der Waals surface area contributed by atoms with Crippen molar-refractivity contribution in [3.05, 3.63) is 84.4 Å². The smallest absolute Gasteiger partial charge is 0.227 e. The van der Waals surface area contributed by atoms with Gasteiger partial charge in [-0.3, -0.25) is 19.7 Å². The Balaban J connectivity index is 1.47. The third kappa shape index (κ3) is 4.87. The topological polar surface area (TPSA) is 49.3 Å². The van der Waals surface area contributed by atoms with Crippen molar-refractivity contribution >= 4 is 5.91 Å². The van der Waals surface area contributed by atoms with Crippen LogP contribution in [-0.2, 0) is 17.8 Å². The summed E-state index contributed by atoms with van der Waals surface area (Å²) >= 11 is 0. The van der Waals surface area contributed by atoms with E-state index in [1.165, 1.54) is 16.7 Å². The molecule has 1 amide bonds. The maximum atomic E-state index is 12.9. The van der Waals surface area contributed by atoms with Crippen LogP contribution in [0.4, 0.5) is 0 Å². The van der Waals surface area contributed by atoms with Gasteiger partial charge in [-0.05, 0) is 52.9 Å². The van der Waals surface area contributed by atoms with Gasteiger partial charge in [0.05, 0.1) is 5.92 Å². The highest BCUT2D eigenvalue weighted by Gasteiger charge is 2.28. The molecule has 1 aliphatic rings. The van der Waals surface area contributed by atoms with E-state index in [0.717, 1.165) is 38.2 Å². The second kappa shape index (κ2) is 8.97. The molecule has 4 rings (SSSR count). The van der Waals surface area contributed by atoms with Crippen molar-refractivity contribution < 1.29 is 4.79 Å². The first-order valence-electron chi connectivity index (χ1n) is 10.0. The SMILES string of the molecule is CN1CCN(Cc2ccncc2)C[C@H](Cc2ccc(-c3ccncc3)cc2)C1=O. The van der Waals surface area contributed by atoms with E-state index in [1.807, 2.05) is 48.6 Å². The van der Waals surface area contributed by atoms with Gasteiger partial charge in [0.1, 0.15) is 0 Å². The highest BCUT2D eigenvalue weighted by Crippen LogP contribution is 2.22. The number of benzene rings is 1. The van der Waals surface area contributed by atoms with E-state index in [1.54, 1.807) is 12.4 Å². The van der Waals surface area contributed by atoms with Crippen LogP contribution in [0.2, 0.25) is 0 Å². The Hall–Kier alpha value is -3.05. The van der Waals surface area contributed by atoms with Crippen molar-refractivity contribution in [2.75, 3.05) is 26.7 Å². The molecule has 5 heteroatoms. The molecule has 29 heavy (non-hydrogen) atoms. The molecule has 148 valence electrons. The molecule has 1 aromatic carbocycles. The summed E-state index contributed by atoms with van der Waals surface area (Å²) in [5.74, 6) is 0.205. The van der Waals surface area contributed by atoms with Gasteiger partial charge < -0.3 is 4.90 Å². The average Bonchev–Trinajstić information content (AvgIpc) is 2.90. The first-order chi connectivity index (χ1) is 14.2. The predicted octanol–water partition coefficient (Wildman–Crippen LogP) is 3.28. The quantitative estimate of drug-likeness (QED) is 0.675. The van der Waals surface area contributed by atoms with Crippen LogP contribution < -0.4 is 0 Å². The minimum atomic E-state index is -0.0314. The monoisotopic (exact) mass is 386 g/mol. The maximum Gasteiger partial charge on any atom is 0.227 e. The normalized spacial score (nSPS) is 17.9. The molecule has 0 radical (unpaired) electrons. The van der Waals surface area contributed by atoms with Crippen molar-refractivity contribution in [2.24, 2.45) is 5.92 Å². The minimum absolute atomic E-state index is 0.0314. The maximum absolute atomic E-state index is 12.9. The van der Waals surface area contributed by atoms with Crippen LogP contribution in [0.15, 0.2) is 73.3 Å². The summed E-state index contributed by atoms with van der Waals surface area (Å²) in [4.78, 5) is 25.4. The minimum Gasteiger partial charge on any atom is -0.344 e. The fourth-order valence-corrected chi connectivity index (χ4v) is 3.90. The van der Waals surface area contributed by atoms with Gasteiger partial charge in [-0.2, -0.15) is 0 Å². The molecule has 0 saturated carbocycles. The van der Waals surface area contributed by atoms with E-state index in [4.69, 9.17) is 0 Å². The lowest BCUT2D eigenvalue weighted by Crippen LogP contribution is -2.34. The molecule has 0 bridgehead atoms. The lowest BCUT2D eigenvalue weighted by Gasteiger charge is -2.23. The lowest BCUT2D eigenvalue weighted by molar-refractivity contribution is -0.133. The number of hydrogen-bond donors (Lipinski definition) is 0. The Bertz CT molecular complexity index is 928. The molecule has 1 fully saturated rings. The molecular formula is C24H26N4O. The average molecular weight is 386 g/mol. The van der Waals surface area contributed by atoms with Gasteiger partial charge in [0.2, 0.25) is 5.91 Å². The highest BCUT2D eigenvalue weighted by atomic mass is 16.2. The fourth-order valence-electron chi connectivity index (χ4n) is 3.90. The third-order valence-corrected chi connectivity index (χ3v) is 5.56. The Morgan fingerprint density at radius 1 is 0.828 bits per heavy atom. The highest BCUT2D eigenvalue weighted by molar-refractivity contribution is 5.79. The number of nitrogens with zero attached hydrogens (tertiary/aromatic N) is 4. The summed E-state index contributed by atoms with van der Waals surface area (Å²) in [7, 11) is 1.91. The summed E-state index contributed by atoms with van der Waals surface area (Å²) in [5, 5.41) is 0. The fraction of sp³-hybridized carbons (Fsp3) is 0.292. The van der Waals surface area contributed by atoms with Crippen LogP contribution in [-0.4, -0.2) is 52.4 Å². The van der Waals surface area contributed by atoms with E-state index >= 15 is 0 Å². The molecule has 0 aliphatic carbocycles. The van der Waals surface area contributed by atoms with Crippen molar-refractivity contribution in [1.29, 1.82) is 0 Å². The summed E-state index contributed by atoms with van der Waals surface area (Å²) in [6.07, 6.45) is 8.02. The van der Waals surface area contributed by atoms with Gasteiger partial charge in [-0.15, -0.1) is 0 Å². The van der Waals surface area contributed by atoms with Crippen LogP contribution in [0.5, 0.6) is 0 Å². The second-order valence-corrected chi connectivity index (χ2v) is 7.68. The van der Waals surface area contributed by atoms with Crippen LogP contribution in [0.25, 0.3) is 11.1 Å². The number of likely N-dealkylation sites (N-methyl/N-ethyl adjacent to an activating group) is 1. The Labute approximate surface area is 172 Å². The summed E-state index contributed by atoms with van der Waals surface area (Å²) in [5.41, 5.74) is 4.75. The molecular weight excluding hydrogens is 360 g/mol. The Kier molecular flexibility index (Phi) is 5.96. The van der Waals surface area contributed by atoms with E-state index in [2.05, 4.69) is 39.1 Å². The van der Waals surface area contributed by atoms with Crippen LogP contribution in [0.3, 0.4) is 0 Å². The van der Waals surface area contributed by atoms with Crippen LogP contribution in [0.1, 0.15) is 11.1 Å². The van der Waals surface area contributed by atoms with Crippen LogP contribution in [0, 0.1) is 5.92 Å². The van der Waals surface area contributed by atoms with E-state index < -0.39 is 0 Å². The molecule has 0 N–H and O–H groups in total. The second-order valence-electron chi connectivity index (χ2n) is 7.68. The molecule has 5 nitrogen and oxygen atoms in total. The van der Waals surface area contributed by atoms with Crippen molar-refractivity contribution in [3.8, 4) is 11.1 Å². The summed E-state index contributed by atoms with van der Waals surface area (Å²) in [6.45, 7) is 3.28. The molecule has 3 aromatic rings. The molecule has 1 atom stereocenters. The zero-order valence-electron chi connectivity index (χ0n) is 16.7. The number of hydrogen-bond acceptors (Lipinski definition) is 4. The van der Waals surface area contributed by atoms with Crippen molar-refractivity contribution in [3.63, 3.8) is 0 Å². The predicted molar refractivity (Wildman–Crippen MR) is 114 cm³/mol. The molecule has 0 unspecified atom stereocenters. The first-order valence-corrected chi connectivity index (χ1v) is 10.0. The van der Waals surface area contributed by atoms with Gasteiger partial charge in [-0.25, -0.2) is 0 Å². The number of carbonyl (C=O) groups is 1. The van der Waals surface area contributed by atoms with E-state index in [0.29, 0.717) is 0 Å². The summed E-state index contributed by atoms with van der Waals surface area (Å²) in [6, 6.07) is 16.6. The molecule has 1 saturated heterocycles. The largest absolute Gasteiger partial charge is 0.344 e. The van der Waals surface area contributed by atoms with E-state index in [9.17, 15) is 4.79 Å². The van der Waals surface area contributed by atoms with Crippen LogP contribution >= 0.6 is 0 Å². The molecule has 0 spiro atoms. The van der Waals surface area contributed by atoms with Gasteiger partial charge in [0.25, 0.3) is 0 Å². The third-order valence-electron chi connectivity index (χ3n) is 5.56.